The third kappa shape index (κ3) is 2.08. The number of hydrogen-bond acceptors (Lipinski definition) is 2. The van der Waals surface area contributed by atoms with Gasteiger partial charge in [0.15, 0.2) is 0 Å². The van der Waals surface area contributed by atoms with E-state index in [1.54, 1.807) is 0 Å². The lowest BCUT2D eigenvalue weighted by Gasteiger charge is -2.15. The molecule has 86 valence electrons. The maximum Gasteiger partial charge on any atom is 0.0346 e. The lowest BCUT2D eigenvalue weighted by Crippen LogP contribution is -2.13. The first-order chi connectivity index (χ1) is 8.45. The van der Waals surface area contributed by atoms with Crippen LogP contribution >= 0.6 is 0 Å². The Bertz CT molecular complexity index is 487. The predicted octanol–water partition coefficient (Wildman–Crippen LogP) is 3.17. The van der Waals surface area contributed by atoms with Crippen LogP contribution in [0.2, 0.25) is 0 Å². The van der Waals surface area contributed by atoms with Crippen LogP contribution in [0.15, 0.2) is 48.8 Å². The molecule has 1 saturated heterocycles. The van der Waals surface area contributed by atoms with Gasteiger partial charge >= 0.3 is 0 Å². The van der Waals surface area contributed by atoms with E-state index < -0.39 is 0 Å². The zero-order chi connectivity index (χ0) is 11.5. The van der Waals surface area contributed by atoms with Gasteiger partial charge in [0.2, 0.25) is 0 Å². The molecule has 0 spiro atoms. The number of rotatable bonds is 2. The fourth-order valence-corrected chi connectivity index (χ4v) is 2.54. The molecule has 1 aromatic carbocycles. The molecule has 0 aliphatic carbocycles. The lowest BCUT2D eigenvalue weighted by molar-refractivity contribution is 0.649. The zero-order valence-corrected chi connectivity index (χ0v) is 9.76. The van der Waals surface area contributed by atoms with Crippen molar-refractivity contribution in [1.82, 2.24) is 10.3 Å². The molecule has 1 N–H and O–H groups in total. The van der Waals surface area contributed by atoms with Crippen LogP contribution in [0.5, 0.6) is 0 Å². The van der Waals surface area contributed by atoms with Crippen LogP contribution in [0.3, 0.4) is 0 Å². The maximum absolute atomic E-state index is 4.21. The predicted molar refractivity (Wildman–Crippen MR) is 69.7 cm³/mol. The normalized spacial score (nSPS) is 19.4. The van der Waals surface area contributed by atoms with Crippen molar-refractivity contribution >= 4 is 0 Å². The first-order valence-corrected chi connectivity index (χ1v) is 6.18. The fraction of sp³-hybridized carbons (Fsp3) is 0.267. The first-order valence-electron chi connectivity index (χ1n) is 6.18. The molecule has 17 heavy (non-hydrogen) atoms. The number of pyridine rings is 1. The molecule has 0 radical (unpaired) electrons. The average Bonchev–Trinajstić information content (AvgIpc) is 2.94. The number of nitrogens with zero attached hydrogens (tertiary/aromatic N) is 1. The summed E-state index contributed by atoms with van der Waals surface area (Å²) in [5, 5.41) is 3.56. The summed E-state index contributed by atoms with van der Waals surface area (Å²) in [5.74, 6) is 0. The summed E-state index contributed by atoms with van der Waals surface area (Å²) in [7, 11) is 0. The lowest BCUT2D eigenvalue weighted by atomic mass is 9.95. The average molecular weight is 224 g/mol. The monoisotopic (exact) mass is 224 g/mol. The molecule has 2 nitrogen and oxygen atoms in total. The van der Waals surface area contributed by atoms with E-state index in [1.807, 2.05) is 18.5 Å². The Balaban J connectivity index is 2.04. The summed E-state index contributed by atoms with van der Waals surface area (Å²) in [6.45, 7) is 1.13. The minimum atomic E-state index is 0.506. The topological polar surface area (TPSA) is 24.9 Å². The van der Waals surface area contributed by atoms with Crippen LogP contribution in [0.4, 0.5) is 0 Å². The SMILES string of the molecule is c1cncc(-c2ccccc2C2CCCN2)c1. The molecule has 1 aliphatic rings. The highest BCUT2D eigenvalue weighted by atomic mass is 14.9. The highest BCUT2D eigenvalue weighted by Crippen LogP contribution is 2.31. The van der Waals surface area contributed by atoms with Gasteiger partial charge in [0, 0.05) is 24.0 Å². The summed E-state index contributed by atoms with van der Waals surface area (Å²) in [5.41, 5.74) is 3.91. The molecule has 1 aromatic heterocycles. The van der Waals surface area contributed by atoms with Gasteiger partial charge in [-0.05, 0) is 36.6 Å². The van der Waals surface area contributed by atoms with Crippen molar-refractivity contribution in [3.8, 4) is 11.1 Å². The minimum absolute atomic E-state index is 0.506. The standard InChI is InChI=1S/C15H16N2/c1-2-7-14(15-8-4-10-17-15)13(6-1)12-5-3-9-16-11-12/h1-3,5-7,9,11,15,17H,4,8,10H2. The third-order valence-electron chi connectivity index (χ3n) is 3.37. The molecule has 1 aliphatic heterocycles. The Morgan fingerprint density at radius 3 is 2.82 bits per heavy atom. The van der Waals surface area contributed by atoms with Crippen LogP contribution in [-0.4, -0.2) is 11.5 Å². The van der Waals surface area contributed by atoms with Crippen molar-refractivity contribution in [2.75, 3.05) is 6.54 Å². The smallest absolute Gasteiger partial charge is 0.0346 e. The van der Waals surface area contributed by atoms with Gasteiger partial charge in [-0.15, -0.1) is 0 Å². The van der Waals surface area contributed by atoms with Gasteiger partial charge in [0.05, 0.1) is 0 Å². The molecule has 2 aromatic rings. The van der Waals surface area contributed by atoms with E-state index in [0.717, 1.165) is 6.54 Å². The number of nitrogens with one attached hydrogen (secondary N) is 1. The fourth-order valence-electron chi connectivity index (χ4n) is 2.54. The van der Waals surface area contributed by atoms with E-state index in [1.165, 1.54) is 29.5 Å². The van der Waals surface area contributed by atoms with Gasteiger partial charge in [0.25, 0.3) is 0 Å². The third-order valence-corrected chi connectivity index (χ3v) is 3.37. The van der Waals surface area contributed by atoms with Crippen LogP contribution in [0.1, 0.15) is 24.4 Å². The number of aromatic nitrogens is 1. The molecular weight excluding hydrogens is 208 g/mol. The van der Waals surface area contributed by atoms with Crippen LogP contribution in [-0.2, 0) is 0 Å². The molecule has 1 fully saturated rings. The highest BCUT2D eigenvalue weighted by molar-refractivity contribution is 5.67. The van der Waals surface area contributed by atoms with Crippen molar-refractivity contribution in [3.05, 3.63) is 54.4 Å². The number of hydrogen-bond donors (Lipinski definition) is 1. The Hall–Kier alpha value is -1.67. The van der Waals surface area contributed by atoms with E-state index >= 15 is 0 Å². The molecule has 1 unspecified atom stereocenters. The maximum atomic E-state index is 4.21. The molecule has 1 atom stereocenters. The molecule has 3 rings (SSSR count). The molecule has 0 amide bonds. The quantitative estimate of drug-likeness (QED) is 0.847. The van der Waals surface area contributed by atoms with Gasteiger partial charge in [-0.25, -0.2) is 0 Å². The van der Waals surface area contributed by atoms with Crippen LogP contribution in [0, 0.1) is 0 Å². The van der Waals surface area contributed by atoms with E-state index in [4.69, 9.17) is 0 Å². The minimum Gasteiger partial charge on any atom is -0.310 e. The summed E-state index contributed by atoms with van der Waals surface area (Å²) >= 11 is 0. The zero-order valence-electron chi connectivity index (χ0n) is 9.76. The van der Waals surface area contributed by atoms with Crippen LogP contribution < -0.4 is 5.32 Å². The molecule has 2 heterocycles. The van der Waals surface area contributed by atoms with E-state index in [2.05, 4.69) is 40.6 Å². The summed E-state index contributed by atoms with van der Waals surface area (Å²) in [4.78, 5) is 4.21. The van der Waals surface area contributed by atoms with Crippen molar-refractivity contribution in [2.24, 2.45) is 0 Å². The summed E-state index contributed by atoms with van der Waals surface area (Å²) < 4.78 is 0. The number of benzene rings is 1. The van der Waals surface area contributed by atoms with E-state index in [-0.39, 0.29) is 0 Å². The van der Waals surface area contributed by atoms with E-state index in [9.17, 15) is 0 Å². The second-order valence-electron chi connectivity index (χ2n) is 4.48. The van der Waals surface area contributed by atoms with Gasteiger partial charge in [-0.1, -0.05) is 30.3 Å². The van der Waals surface area contributed by atoms with Crippen LogP contribution in [0.25, 0.3) is 11.1 Å². The van der Waals surface area contributed by atoms with Gasteiger partial charge in [-0.3, -0.25) is 4.98 Å². The second-order valence-corrected chi connectivity index (χ2v) is 4.48. The highest BCUT2D eigenvalue weighted by Gasteiger charge is 2.19. The van der Waals surface area contributed by atoms with Crippen molar-refractivity contribution < 1.29 is 0 Å². The van der Waals surface area contributed by atoms with Crippen molar-refractivity contribution in [2.45, 2.75) is 18.9 Å². The van der Waals surface area contributed by atoms with E-state index in [0.29, 0.717) is 6.04 Å². The molecule has 0 saturated carbocycles. The van der Waals surface area contributed by atoms with Crippen molar-refractivity contribution in [1.29, 1.82) is 0 Å². The Morgan fingerprint density at radius 1 is 1.12 bits per heavy atom. The molecule has 0 bridgehead atoms. The van der Waals surface area contributed by atoms with Gasteiger partial charge < -0.3 is 5.32 Å². The summed E-state index contributed by atoms with van der Waals surface area (Å²) in [6.07, 6.45) is 6.26. The molecular formula is C15H16N2. The van der Waals surface area contributed by atoms with Gasteiger partial charge in [0.1, 0.15) is 0 Å². The Morgan fingerprint density at radius 2 is 2.06 bits per heavy atom. The Kier molecular flexibility index (Phi) is 2.88. The van der Waals surface area contributed by atoms with Gasteiger partial charge in [-0.2, -0.15) is 0 Å². The molecule has 2 heteroatoms. The summed E-state index contributed by atoms with van der Waals surface area (Å²) in [6, 6.07) is 13.3. The largest absolute Gasteiger partial charge is 0.310 e. The van der Waals surface area contributed by atoms with Crippen molar-refractivity contribution in [3.63, 3.8) is 0 Å². The first kappa shape index (κ1) is 10.5. The Labute approximate surface area is 102 Å². The second kappa shape index (κ2) is 4.68.